The summed E-state index contributed by atoms with van der Waals surface area (Å²) in [5.74, 6) is 0.951. The summed E-state index contributed by atoms with van der Waals surface area (Å²) in [7, 11) is 3.18. The molecule has 6 nitrogen and oxygen atoms in total. The molecule has 0 spiro atoms. The summed E-state index contributed by atoms with van der Waals surface area (Å²) < 4.78 is 10.9. The number of hydrogen-bond acceptors (Lipinski definition) is 4. The van der Waals surface area contributed by atoms with E-state index in [-0.39, 0.29) is 18.4 Å². The molecule has 0 aliphatic carbocycles. The second kappa shape index (κ2) is 10.5. The Kier molecular flexibility index (Phi) is 8.07. The molecule has 0 saturated heterocycles. The van der Waals surface area contributed by atoms with Gasteiger partial charge in [0.1, 0.15) is 17.5 Å². The van der Waals surface area contributed by atoms with Gasteiger partial charge in [0.05, 0.1) is 7.11 Å². The fourth-order valence-corrected chi connectivity index (χ4v) is 3.26. The second-order valence-electron chi connectivity index (χ2n) is 7.02. The van der Waals surface area contributed by atoms with E-state index in [1.54, 1.807) is 19.1 Å². The Hall–Kier alpha value is -3.02. The summed E-state index contributed by atoms with van der Waals surface area (Å²) in [4.78, 5) is 27.0. The molecule has 2 aromatic carbocycles. The molecule has 1 atom stereocenters. The highest BCUT2D eigenvalue weighted by atomic mass is 16.5. The van der Waals surface area contributed by atoms with E-state index in [0.29, 0.717) is 18.7 Å². The van der Waals surface area contributed by atoms with Crippen LogP contribution < -0.4 is 14.8 Å². The highest BCUT2D eigenvalue weighted by molar-refractivity contribution is 5.88. The maximum Gasteiger partial charge on any atom is 0.261 e. The normalized spacial score (nSPS) is 11.5. The smallest absolute Gasteiger partial charge is 0.261 e. The Balaban J connectivity index is 2.19. The van der Waals surface area contributed by atoms with Crippen molar-refractivity contribution in [3.63, 3.8) is 0 Å². The van der Waals surface area contributed by atoms with Crippen LogP contribution >= 0.6 is 0 Å². The largest absolute Gasteiger partial charge is 0.497 e. The van der Waals surface area contributed by atoms with Gasteiger partial charge in [-0.05, 0) is 61.2 Å². The lowest BCUT2D eigenvalue weighted by Crippen LogP contribution is -2.49. The first-order valence-corrected chi connectivity index (χ1v) is 9.73. The van der Waals surface area contributed by atoms with Gasteiger partial charge in [0.2, 0.25) is 5.91 Å². The van der Waals surface area contributed by atoms with Gasteiger partial charge in [0.25, 0.3) is 5.91 Å². The third kappa shape index (κ3) is 6.24. The molecule has 0 aromatic heterocycles. The van der Waals surface area contributed by atoms with Crippen LogP contribution in [0.4, 0.5) is 0 Å². The number of hydrogen-bond donors (Lipinski definition) is 1. The number of rotatable bonds is 9. The lowest BCUT2D eigenvalue weighted by Gasteiger charge is -2.30. The molecule has 1 N–H and O–H groups in total. The first-order valence-electron chi connectivity index (χ1n) is 9.73. The number of ether oxygens (including phenoxy) is 2. The van der Waals surface area contributed by atoms with Crippen molar-refractivity contribution in [1.82, 2.24) is 10.2 Å². The Morgan fingerprint density at radius 1 is 1.03 bits per heavy atom. The molecular weight excluding hydrogens is 368 g/mol. The number of likely N-dealkylation sites (N-methyl/N-ethyl adjacent to an activating group) is 1. The number of carbonyl (C=O) groups is 2. The quantitative estimate of drug-likeness (QED) is 0.704. The molecule has 0 radical (unpaired) electrons. The highest BCUT2D eigenvalue weighted by Crippen LogP contribution is 2.18. The van der Waals surface area contributed by atoms with Gasteiger partial charge in [-0.3, -0.25) is 9.59 Å². The number of benzene rings is 2. The van der Waals surface area contributed by atoms with Crippen LogP contribution in [0.15, 0.2) is 42.5 Å². The average Bonchev–Trinajstić information content (AvgIpc) is 2.71. The zero-order chi connectivity index (χ0) is 21.4. The Morgan fingerprint density at radius 2 is 1.66 bits per heavy atom. The number of nitrogens with zero attached hydrogens (tertiary/aromatic N) is 1. The van der Waals surface area contributed by atoms with Crippen LogP contribution in [0.5, 0.6) is 11.5 Å². The van der Waals surface area contributed by atoms with Crippen LogP contribution in [0.2, 0.25) is 0 Å². The van der Waals surface area contributed by atoms with Gasteiger partial charge in [-0.25, -0.2) is 0 Å². The second-order valence-corrected chi connectivity index (χ2v) is 7.02. The third-order valence-electron chi connectivity index (χ3n) is 4.70. The van der Waals surface area contributed by atoms with Gasteiger partial charge < -0.3 is 19.7 Å². The molecule has 156 valence electrons. The van der Waals surface area contributed by atoms with Crippen molar-refractivity contribution in [2.45, 2.75) is 39.8 Å². The number of amides is 2. The predicted molar refractivity (Wildman–Crippen MR) is 113 cm³/mol. The first kappa shape index (κ1) is 22.3. The molecule has 0 heterocycles. The number of aryl methyl sites for hydroxylation is 2. The lowest BCUT2D eigenvalue weighted by atomic mass is 10.1. The molecule has 1 unspecified atom stereocenters. The fraction of sp³-hybridized carbons (Fsp3) is 0.391. The maximum absolute atomic E-state index is 13.0. The first-order chi connectivity index (χ1) is 13.9. The Bertz CT molecular complexity index is 813. The van der Waals surface area contributed by atoms with Gasteiger partial charge in [-0.1, -0.05) is 25.1 Å². The van der Waals surface area contributed by atoms with Crippen LogP contribution in [0.25, 0.3) is 0 Å². The molecular formula is C23H30N2O4. The van der Waals surface area contributed by atoms with Crippen LogP contribution in [0.1, 0.15) is 30.0 Å². The van der Waals surface area contributed by atoms with Gasteiger partial charge >= 0.3 is 0 Å². The summed E-state index contributed by atoms with van der Waals surface area (Å²) in [5.41, 5.74) is 3.05. The van der Waals surface area contributed by atoms with Crippen molar-refractivity contribution >= 4 is 11.8 Å². The summed E-state index contributed by atoms with van der Waals surface area (Å²) in [5, 5.41) is 2.65. The minimum absolute atomic E-state index is 0.132. The Morgan fingerprint density at radius 3 is 2.17 bits per heavy atom. The van der Waals surface area contributed by atoms with Crippen molar-refractivity contribution < 1.29 is 19.1 Å². The summed E-state index contributed by atoms with van der Waals surface area (Å²) >= 11 is 0. The van der Waals surface area contributed by atoms with Crippen molar-refractivity contribution in [1.29, 1.82) is 0 Å². The van der Waals surface area contributed by atoms with Crippen molar-refractivity contribution in [2.24, 2.45) is 0 Å². The number of nitrogens with one attached hydrogen (secondary N) is 1. The minimum Gasteiger partial charge on any atom is -0.497 e. The molecule has 0 bridgehead atoms. The topological polar surface area (TPSA) is 67.9 Å². The van der Waals surface area contributed by atoms with Crippen molar-refractivity contribution in [3.8, 4) is 11.5 Å². The summed E-state index contributed by atoms with van der Waals surface area (Å²) in [6, 6.07) is 12.7. The number of methoxy groups -OCH3 is 1. The minimum atomic E-state index is -0.572. The van der Waals surface area contributed by atoms with Crippen LogP contribution in [-0.2, 0) is 16.1 Å². The molecule has 0 aliphatic rings. The lowest BCUT2D eigenvalue weighted by molar-refractivity contribution is -0.142. The zero-order valence-electron chi connectivity index (χ0n) is 17.8. The molecule has 0 aliphatic heterocycles. The number of carbonyl (C=O) groups excluding carboxylic acids is 2. The van der Waals surface area contributed by atoms with Gasteiger partial charge in [-0.15, -0.1) is 0 Å². The molecule has 2 amide bonds. The van der Waals surface area contributed by atoms with E-state index in [1.807, 2.05) is 63.2 Å². The molecule has 0 saturated carbocycles. The standard InChI is InChI=1S/C23H30N2O4/c1-6-21(23(27)24-4)25(14-18-7-9-19(28-5)10-8-18)22(26)15-29-20-12-16(2)11-17(3)13-20/h7-13,21H,6,14-15H2,1-5H3,(H,24,27). The van der Waals surface area contributed by atoms with Crippen LogP contribution in [0, 0.1) is 13.8 Å². The van der Waals surface area contributed by atoms with Crippen molar-refractivity contribution in [2.75, 3.05) is 20.8 Å². The summed E-state index contributed by atoms with van der Waals surface area (Å²) in [6.07, 6.45) is 0.505. The highest BCUT2D eigenvalue weighted by Gasteiger charge is 2.28. The van der Waals surface area contributed by atoms with Crippen molar-refractivity contribution in [3.05, 3.63) is 59.2 Å². The molecule has 2 rings (SSSR count). The van der Waals surface area contributed by atoms with Gasteiger partial charge in [0.15, 0.2) is 6.61 Å². The van der Waals surface area contributed by atoms with E-state index < -0.39 is 6.04 Å². The molecule has 0 fully saturated rings. The maximum atomic E-state index is 13.0. The van der Waals surface area contributed by atoms with E-state index in [4.69, 9.17) is 9.47 Å². The third-order valence-corrected chi connectivity index (χ3v) is 4.70. The predicted octanol–water partition coefficient (Wildman–Crippen LogP) is 3.24. The van der Waals surface area contributed by atoms with E-state index in [0.717, 1.165) is 22.4 Å². The summed E-state index contributed by atoms with van der Waals surface area (Å²) in [6.45, 7) is 6.03. The monoisotopic (exact) mass is 398 g/mol. The Labute approximate surface area is 172 Å². The molecule has 6 heteroatoms. The van der Waals surface area contributed by atoms with Gasteiger partial charge in [0, 0.05) is 13.6 Å². The van der Waals surface area contributed by atoms with E-state index in [2.05, 4.69) is 5.32 Å². The molecule has 2 aromatic rings. The molecule has 29 heavy (non-hydrogen) atoms. The van der Waals surface area contributed by atoms with E-state index in [9.17, 15) is 9.59 Å². The average molecular weight is 399 g/mol. The van der Waals surface area contributed by atoms with Gasteiger partial charge in [-0.2, -0.15) is 0 Å². The van der Waals surface area contributed by atoms with E-state index >= 15 is 0 Å². The zero-order valence-corrected chi connectivity index (χ0v) is 17.8. The fourth-order valence-electron chi connectivity index (χ4n) is 3.26. The van der Waals surface area contributed by atoms with Crippen LogP contribution in [0.3, 0.4) is 0 Å². The van der Waals surface area contributed by atoms with Crippen LogP contribution in [-0.4, -0.2) is 43.5 Å². The SMILES string of the molecule is CCC(C(=O)NC)N(Cc1ccc(OC)cc1)C(=O)COc1cc(C)cc(C)c1. The van der Waals surface area contributed by atoms with E-state index in [1.165, 1.54) is 0 Å².